The van der Waals surface area contributed by atoms with E-state index in [0.717, 1.165) is 30.4 Å². The molecule has 0 bridgehead atoms. The maximum Gasteiger partial charge on any atom is 0.254 e. The first-order chi connectivity index (χ1) is 21.5. The van der Waals surface area contributed by atoms with Crippen LogP contribution in [0.2, 0.25) is 0 Å². The molecule has 1 amide bonds. The van der Waals surface area contributed by atoms with Gasteiger partial charge < -0.3 is 20.1 Å². The SMILES string of the molecule is CCOc1cc(F)c(Cn2nc(-c3ncc(OC)c(Nc4ccncc4C(=O)NCCS(C)(=O)=O)n3)c(C)c2C2CC2)c(F)c1. The minimum absolute atomic E-state index is 0.0668. The number of hydrogen-bond donors (Lipinski definition) is 2. The summed E-state index contributed by atoms with van der Waals surface area (Å²) < 4.78 is 65.2. The second kappa shape index (κ2) is 13.1. The van der Waals surface area contributed by atoms with Gasteiger partial charge in [0.2, 0.25) is 0 Å². The Labute approximate surface area is 259 Å². The summed E-state index contributed by atoms with van der Waals surface area (Å²) in [5, 5.41) is 10.4. The van der Waals surface area contributed by atoms with Gasteiger partial charge in [0, 0.05) is 60.1 Å². The van der Waals surface area contributed by atoms with Crippen LogP contribution in [0.1, 0.15) is 52.9 Å². The van der Waals surface area contributed by atoms with E-state index in [9.17, 15) is 22.0 Å². The Morgan fingerprint density at radius 3 is 2.56 bits per heavy atom. The van der Waals surface area contributed by atoms with Gasteiger partial charge in [0.15, 0.2) is 17.4 Å². The van der Waals surface area contributed by atoms with Gasteiger partial charge in [-0.05, 0) is 32.8 Å². The fourth-order valence-corrected chi connectivity index (χ4v) is 5.36. The smallest absolute Gasteiger partial charge is 0.254 e. The molecule has 1 aliphatic carbocycles. The molecule has 0 radical (unpaired) electrons. The van der Waals surface area contributed by atoms with Crippen LogP contribution in [0, 0.1) is 18.6 Å². The molecule has 1 fully saturated rings. The van der Waals surface area contributed by atoms with Crippen molar-refractivity contribution in [3.05, 3.63) is 70.8 Å². The van der Waals surface area contributed by atoms with Crippen molar-refractivity contribution in [3.8, 4) is 23.0 Å². The van der Waals surface area contributed by atoms with Gasteiger partial charge in [-0.1, -0.05) is 0 Å². The predicted octanol–water partition coefficient (Wildman–Crippen LogP) is 4.17. The molecule has 5 rings (SSSR count). The van der Waals surface area contributed by atoms with Crippen molar-refractivity contribution in [2.24, 2.45) is 0 Å². The second-order valence-corrected chi connectivity index (χ2v) is 12.9. The minimum atomic E-state index is -3.26. The third kappa shape index (κ3) is 7.36. The first kappa shape index (κ1) is 31.8. The lowest BCUT2D eigenvalue weighted by Gasteiger charge is -2.14. The number of pyridine rings is 1. The van der Waals surface area contributed by atoms with Gasteiger partial charge in [-0.3, -0.25) is 14.5 Å². The molecule has 3 heterocycles. The van der Waals surface area contributed by atoms with E-state index < -0.39 is 27.4 Å². The Morgan fingerprint density at radius 1 is 1.18 bits per heavy atom. The molecule has 0 spiro atoms. The maximum atomic E-state index is 15.0. The number of rotatable bonds is 13. The molecule has 1 aromatic carbocycles. The van der Waals surface area contributed by atoms with Gasteiger partial charge in [-0.25, -0.2) is 27.2 Å². The standard InChI is InChI=1S/C30H33F2N7O5S/c1-5-44-19-12-22(31)21(23(32)13-19)16-39-27(18-6-7-18)17(2)26(38-39)29-35-15-25(43-3)28(37-29)36-24-8-9-33-14-20(24)30(40)34-10-11-45(4,41)42/h8-9,12-15,18H,5-7,10-11,16H2,1-4H3,(H,34,40)(H,33,35,36,37). The summed E-state index contributed by atoms with van der Waals surface area (Å²) >= 11 is 0. The summed E-state index contributed by atoms with van der Waals surface area (Å²) in [4.78, 5) is 26.0. The highest BCUT2D eigenvalue weighted by Gasteiger charge is 2.32. The van der Waals surface area contributed by atoms with Gasteiger partial charge in [0.05, 0.1) is 43.5 Å². The minimum Gasteiger partial charge on any atom is -0.494 e. The molecule has 238 valence electrons. The molecule has 0 aliphatic heterocycles. The summed E-state index contributed by atoms with van der Waals surface area (Å²) in [6.45, 7) is 3.69. The molecule has 15 heteroatoms. The van der Waals surface area contributed by atoms with Crippen LogP contribution in [0.15, 0.2) is 36.8 Å². The number of aromatic nitrogens is 5. The highest BCUT2D eigenvalue weighted by molar-refractivity contribution is 7.90. The number of carbonyl (C=O) groups is 1. The van der Waals surface area contributed by atoms with Crippen LogP contribution in [-0.4, -0.2) is 71.3 Å². The molecule has 0 saturated heterocycles. The predicted molar refractivity (Wildman–Crippen MR) is 163 cm³/mol. The molecule has 1 aliphatic rings. The van der Waals surface area contributed by atoms with E-state index in [1.807, 2.05) is 6.92 Å². The summed E-state index contributed by atoms with van der Waals surface area (Å²) in [7, 11) is -1.82. The van der Waals surface area contributed by atoms with Crippen molar-refractivity contribution in [1.82, 2.24) is 30.0 Å². The molecule has 2 N–H and O–H groups in total. The van der Waals surface area contributed by atoms with Crippen molar-refractivity contribution >= 4 is 27.2 Å². The molecule has 3 aromatic heterocycles. The monoisotopic (exact) mass is 641 g/mol. The van der Waals surface area contributed by atoms with E-state index in [4.69, 9.17) is 14.6 Å². The number of hydrogen-bond acceptors (Lipinski definition) is 10. The van der Waals surface area contributed by atoms with Crippen LogP contribution >= 0.6 is 0 Å². The van der Waals surface area contributed by atoms with Crippen molar-refractivity contribution < 1.29 is 31.5 Å². The number of nitrogens with one attached hydrogen (secondary N) is 2. The summed E-state index contributed by atoms with van der Waals surface area (Å²) in [5.41, 5.74) is 2.44. The lowest BCUT2D eigenvalue weighted by Crippen LogP contribution is -2.29. The van der Waals surface area contributed by atoms with Crippen LogP contribution in [-0.2, 0) is 16.4 Å². The zero-order chi connectivity index (χ0) is 32.3. The van der Waals surface area contributed by atoms with E-state index >= 15 is 0 Å². The highest BCUT2D eigenvalue weighted by atomic mass is 32.2. The third-order valence-electron chi connectivity index (χ3n) is 7.20. The topological polar surface area (TPSA) is 150 Å². The van der Waals surface area contributed by atoms with E-state index in [-0.39, 0.29) is 65.6 Å². The fourth-order valence-electron chi connectivity index (χ4n) is 4.88. The number of halogens is 2. The molecule has 0 atom stereocenters. The molecule has 45 heavy (non-hydrogen) atoms. The van der Waals surface area contributed by atoms with Gasteiger partial charge in [0.25, 0.3) is 5.91 Å². The van der Waals surface area contributed by atoms with E-state index in [1.165, 1.54) is 37.8 Å². The quantitative estimate of drug-likeness (QED) is 0.218. The largest absolute Gasteiger partial charge is 0.494 e. The Balaban J connectivity index is 1.47. The van der Waals surface area contributed by atoms with Gasteiger partial charge in [-0.15, -0.1) is 0 Å². The van der Waals surface area contributed by atoms with Gasteiger partial charge in [-0.2, -0.15) is 5.10 Å². The van der Waals surface area contributed by atoms with E-state index in [0.29, 0.717) is 11.4 Å². The Bertz CT molecular complexity index is 1820. The van der Waals surface area contributed by atoms with Crippen LogP contribution in [0.25, 0.3) is 11.5 Å². The zero-order valence-electron chi connectivity index (χ0n) is 25.2. The van der Waals surface area contributed by atoms with Gasteiger partial charge in [0.1, 0.15) is 32.9 Å². The van der Waals surface area contributed by atoms with E-state index in [1.54, 1.807) is 17.7 Å². The first-order valence-electron chi connectivity index (χ1n) is 14.2. The normalized spacial score (nSPS) is 13.0. The van der Waals surface area contributed by atoms with Crippen LogP contribution < -0.4 is 20.1 Å². The average Bonchev–Trinajstić information content (AvgIpc) is 3.77. The average molecular weight is 642 g/mol. The number of anilines is 2. The van der Waals surface area contributed by atoms with Crippen molar-refractivity contribution in [2.75, 3.05) is 37.6 Å². The van der Waals surface area contributed by atoms with Crippen molar-refractivity contribution in [2.45, 2.75) is 39.2 Å². The number of benzene rings is 1. The number of amides is 1. The third-order valence-corrected chi connectivity index (χ3v) is 8.15. The molecule has 1 saturated carbocycles. The Kier molecular flexibility index (Phi) is 9.27. The zero-order valence-corrected chi connectivity index (χ0v) is 26.0. The molecular weight excluding hydrogens is 608 g/mol. The molecule has 0 unspecified atom stereocenters. The summed E-state index contributed by atoms with van der Waals surface area (Å²) in [6, 6.07) is 3.90. The van der Waals surface area contributed by atoms with Crippen LogP contribution in [0.4, 0.5) is 20.3 Å². The lowest BCUT2D eigenvalue weighted by atomic mass is 10.1. The number of methoxy groups -OCH3 is 1. The fraction of sp³-hybridized carbons (Fsp3) is 0.367. The summed E-state index contributed by atoms with van der Waals surface area (Å²) in [6.07, 6.45) is 7.22. The highest BCUT2D eigenvalue weighted by Crippen LogP contribution is 2.44. The van der Waals surface area contributed by atoms with Gasteiger partial charge >= 0.3 is 0 Å². The second-order valence-electron chi connectivity index (χ2n) is 10.6. The molecule has 4 aromatic rings. The molecular formula is C30H33F2N7O5S. The number of nitrogens with zero attached hydrogens (tertiary/aromatic N) is 5. The lowest BCUT2D eigenvalue weighted by molar-refractivity contribution is 0.0956. The Hall–Kier alpha value is -4.66. The number of ether oxygens (including phenoxy) is 2. The first-order valence-corrected chi connectivity index (χ1v) is 16.3. The number of carbonyl (C=O) groups excluding carboxylic acids is 1. The molecule has 12 nitrogen and oxygen atoms in total. The number of sulfone groups is 1. The van der Waals surface area contributed by atoms with Crippen molar-refractivity contribution in [3.63, 3.8) is 0 Å². The summed E-state index contributed by atoms with van der Waals surface area (Å²) in [5.74, 6) is -1.15. The van der Waals surface area contributed by atoms with Crippen molar-refractivity contribution in [1.29, 1.82) is 0 Å². The Morgan fingerprint density at radius 2 is 1.91 bits per heavy atom. The maximum absolute atomic E-state index is 15.0. The van der Waals surface area contributed by atoms with Crippen LogP contribution in [0.3, 0.4) is 0 Å². The van der Waals surface area contributed by atoms with Crippen LogP contribution in [0.5, 0.6) is 11.5 Å². The van der Waals surface area contributed by atoms with E-state index in [2.05, 4.69) is 25.6 Å².